The van der Waals surface area contributed by atoms with Crippen LogP contribution in [0.1, 0.15) is 46.0 Å². The van der Waals surface area contributed by atoms with Crippen LogP contribution in [0.15, 0.2) is 18.2 Å². The van der Waals surface area contributed by atoms with Gasteiger partial charge in [0.1, 0.15) is 6.04 Å². The van der Waals surface area contributed by atoms with Gasteiger partial charge in [-0.25, -0.2) is 0 Å². The molecule has 138 valence electrons. The Labute approximate surface area is 151 Å². The SMILES string of the molecule is C[C@@H](CN)N(C)Cc1ccc2c(c1)C(=O)N(C1CCC(=O)NC1=O)C2=O. The molecule has 0 radical (unpaired) electrons. The summed E-state index contributed by atoms with van der Waals surface area (Å²) in [5.41, 5.74) is 7.15. The van der Waals surface area contributed by atoms with E-state index in [2.05, 4.69) is 10.2 Å². The number of carbonyl (C=O) groups is 4. The van der Waals surface area contributed by atoms with Gasteiger partial charge in [-0.2, -0.15) is 0 Å². The zero-order chi connectivity index (χ0) is 19.0. The van der Waals surface area contributed by atoms with Crippen molar-refractivity contribution in [3.8, 4) is 0 Å². The summed E-state index contributed by atoms with van der Waals surface area (Å²) < 4.78 is 0. The Hall–Kier alpha value is -2.58. The van der Waals surface area contributed by atoms with Gasteiger partial charge in [-0.15, -0.1) is 0 Å². The van der Waals surface area contributed by atoms with Crippen LogP contribution in [-0.4, -0.2) is 59.1 Å². The predicted octanol–water partition coefficient (Wildman–Crippen LogP) is -0.133. The normalized spacial score (nSPS) is 21.2. The van der Waals surface area contributed by atoms with Crippen molar-refractivity contribution in [3.05, 3.63) is 34.9 Å². The van der Waals surface area contributed by atoms with Gasteiger partial charge in [0, 0.05) is 25.6 Å². The molecule has 1 fully saturated rings. The number of piperidine rings is 1. The zero-order valence-corrected chi connectivity index (χ0v) is 14.8. The largest absolute Gasteiger partial charge is 0.329 e. The first kappa shape index (κ1) is 18.2. The average molecular weight is 358 g/mol. The molecule has 2 heterocycles. The van der Waals surface area contributed by atoms with Gasteiger partial charge in [0.2, 0.25) is 11.8 Å². The smallest absolute Gasteiger partial charge is 0.262 e. The van der Waals surface area contributed by atoms with Crippen molar-refractivity contribution in [2.24, 2.45) is 5.73 Å². The minimum absolute atomic E-state index is 0.108. The van der Waals surface area contributed by atoms with E-state index in [1.54, 1.807) is 18.2 Å². The van der Waals surface area contributed by atoms with E-state index in [0.29, 0.717) is 18.7 Å². The summed E-state index contributed by atoms with van der Waals surface area (Å²) in [7, 11) is 1.94. The number of amides is 4. The van der Waals surface area contributed by atoms with E-state index in [1.807, 2.05) is 14.0 Å². The number of imide groups is 2. The molecule has 4 amide bonds. The molecule has 8 nitrogen and oxygen atoms in total. The fourth-order valence-corrected chi connectivity index (χ4v) is 3.24. The van der Waals surface area contributed by atoms with E-state index in [4.69, 9.17) is 5.73 Å². The summed E-state index contributed by atoms with van der Waals surface area (Å²) in [6, 6.07) is 4.36. The lowest BCUT2D eigenvalue weighted by Gasteiger charge is -2.27. The topological polar surface area (TPSA) is 113 Å². The number of benzene rings is 1. The Bertz CT molecular complexity index is 791. The summed E-state index contributed by atoms with van der Waals surface area (Å²) >= 11 is 0. The lowest BCUT2D eigenvalue weighted by atomic mass is 10.0. The van der Waals surface area contributed by atoms with Gasteiger partial charge in [-0.3, -0.25) is 34.3 Å². The maximum atomic E-state index is 12.8. The number of fused-ring (bicyclic) bond motifs is 1. The molecule has 26 heavy (non-hydrogen) atoms. The van der Waals surface area contributed by atoms with Crippen molar-refractivity contribution in [1.29, 1.82) is 0 Å². The second-order valence-electron chi connectivity index (χ2n) is 6.83. The summed E-state index contributed by atoms with van der Waals surface area (Å²) in [5.74, 6) is -1.97. The van der Waals surface area contributed by atoms with Crippen LogP contribution in [0.3, 0.4) is 0 Å². The van der Waals surface area contributed by atoms with Crippen LogP contribution < -0.4 is 11.1 Å². The standard InChI is InChI=1S/C18H22N4O4/c1-10(8-19)21(2)9-11-3-4-12-13(7-11)18(26)22(17(12)25)14-5-6-15(23)20-16(14)24/h3-4,7,10,14H,5-6,8-9,19H2,1-2H3,(H,20,23,24)/t10-,14?/m0/s1. The van der Waals surface area contributed by atoms with Crippen molar-refractivity contribution >= 4 is 23.6 Å². The van der Waals surface area contributed by atoms with Crippen LogP contribution in [-0.2, 0) is 16.1 Å². The third-order valence-corrected chi connectivity index (χ3v) is 5.03. The monoisotopic (exact) mass is 358 g/mol. The fourth-order valence-electron chi connectivity index (χ4n) is 3.24. The maximum absolute atomic E-state index is 12.8. The molecule has 2 aliphatic rings. The third kappa shape index (κ3) is 3.13. The molecule has 2 aliphatic heterocycles. The summed E-state index contributed by atoms with van der Waals surface area (Å²) in [4.78, 5) is 51.8. The summed E-state index contributed by atoms with van der Waals surface area (Å²) in [6.45, 7) is 3.11. The lowest BCUT2D eigenvalue weighted by molar-refractivity contribution is -0.136. The van der Waals surface area contributed by atoms with Gasteiger partial charge >= 0.3 is 0 Å². The molecule has 8 heteroatoms. The number of nitrogens with zero attached hydrogens (tertiary/aromatic N) is 2. The van der Waals surface area contributed by atoms with Gasteiger partial charge in [-0.1, -0.05) is 6.07 Å². The van der Waals surface area contributed by atoms with Gasteiger partial charge in [-0.05, 0) is 38.1 Å². The quantitative estimate of drug-likeness (QED) is 0.709. The highest BCUT2D eigenvalue weighted by atomic mass is 16.2. The minimum Gasteiger partial charge on any atom is -0.329 e. The molecular formula is C18H22N4O4. The van der Waals surface area contributed by atoms with Crippen LogP contribution in [0, 0.1) is 0 Å². The zero-order valence-electron chi connectivity index (χ0n) is 14.8. The molecule has 2 atom stereocenters. The number of hydrogen-bond donors (Lipinski definition) is 2. The molecule has 0 aliphatic carbocycles. The molecule has 1 saturated heterocycles. The molecule has 3 rings (SSSR count). The molecule has 0 spiro atoms. The predicted molar refractivity (Wildman–Crippen MR) is 93.1 cm³/mol. The molecule has 1 aromatic rings. The minimum atomic E-state index is -0.941. The van der Waals surface area contributed by atoms with Crippen molar-refractivity contribution in [3.63, 3.8) is 0 Å². The first-order valence-electron chi connectivity index (χ1n) is 8.58. The first-order valence-corrected chi connectivity index (χ1v) is 8.58. The van der Waals surface area contributed by atoms with E-state index < -0.39 is 23.8 Å². The Morgan fingerprint density at radius 1 is 1.23 bits per heavy atom. The second-order valence-corrected chi connectivity index (χ2v) is 6.83. The van der Waals surface area contributed by atoms with Crippen molar-refractivity contribution in [1.82, 2.24) is 15.1 Å². The molecule has 3 N–H and O–H groups in total. The number of likely N-dealkylation sites (N-methyl/N-ethyl adjacent to an activating group) is 1. The van der Waals surface area contributed by atoms with E-state index >= 15 is 0 Å². The molecular weight excluding hydrogens is 336 g/mol. The highest BCUT2D eigenvalue weighted by Crippen LogP contribution is 2.28. The lowest BCUT2D eigenvalue weighted by Crippen LogP contribution is -2.54. The number of hydrogen-bond acceptors (Lipinski definition) is 6. The molecule has 0 saturated carbocycles. The van der Waals surface area contributed by atoms with Gasteiger partial charge in [0.25, 0.3) is 11.8 Å². The van der Waals surface area contributed by atoms with E-state index in [9.17, 15) is 19.2 Å². The summed E-state index contributed by atoms with van der Waals surface area (Å²) in [6.07, 6.45) is 0.260. The number of nitrogens with one attached hydrogen (secondary N) is 1. The average Bonchev–Trinajstić information content (AvgIpc) is 2.85. The summed E-state index contributed by atoms with van der Waals surface area (Å²) in [5, 5.41) is 2.19. The van der Waals surface area contributed by atoms with Crippen LogP contribution >= 0.6 is 0 Å². The van der Waals surface area contributed by atoms with Crippen LogP contribution in [0.4, 0.5) is 0 Å². The van der Waals surface area contributed by atoms with E-state index in [1.165, 1.54) is 0 Å². The molecule has 1 aromatic carbocycles. The van der Waals surface area contributed by atoms with Gasteiger partial charge in [0.15, 0.2) is 0 Å². The van der Waals surface area contributed by atoms with Gasteiger partial charge < -0.3 is 5.73 Å². The van der Waals surface area contributed by atoms with Crippen LogP contribution in [0.25, 0.3) is 0 Å². The Kier molecular flexibility index (Phi) is 4.88. The fraction of sp³-hybridized carbons (Fsp3) is 0.444. The van der Waals surface area contributed by atoms with Crippen molar-refractivity contribution in [2.75, 3.05) is 13.6 Å². The van der Waals surface area contributed by atoms with E-state index in [-0.39, 0.29) is 30.4 Å². The van der Waals surface area contributed by atoms with Crippen LogP contribution in [0.5, 0.6) is 0 Å². The van der Waals surface area contributed by atoms with Crippen molar-refractivity contribution in [2.45, 2.75) is 38.4 Å². The highest BCUT2D eigenvalue weighted by Gasteiger charge is 2.44. The number of carbonyl (C=O) groups excluding carboxylic acids is 4. The van der Waals surface area contributed by atoms with Gasteiger partial charge in [0.05, 0.1) is 11.1 Å². The third-order valence-electron chi connectivity index (χ3n) is 5.03. The number of rotatable bonds is 5. The van der Waals surface area contributed by atoms with Crippen molar-refractivity contribution < 1.29 is 19.2 Å². The molecule has 1 unspecified atom stereocenters. The Morgan fingerprint density at radius 2 is 1.92 bits per heavy atom. The maximum Gasteiger partial charge on any atom is 0.262 e. The Morgan fingerprint density at radius 3 is 2.58 bits per heavy atom. The van der Waals surface area contributed by atoms with Crippen LogP contribution in [0.2, 0.25) is 0 Å². The first-order chi connectivity index (χ1) is 12.3. The second kappa shape index (κ2) is 6.97. The Balaban J connectivity index is 1.84. The molecule has 0 bridgehead atoms. The number of nitrogens with two attached hydrogens (primary N) is 1. The highest BCUT2D eigenvalue weighted by molar-refractivity contribution is 6.23. The van der Waals surface area contributed by atoms with E-state index in [0.717, 1.165) is 10.5 Å². The molecule has 0 aromatic heterocycles.